The second-order valence-corrected chi connectivity index (χ2v) is 0.999. The van der Waals surface area contributed by atoms with Crippen molar-refractivity contribution in [2.75, 3.05) is 6.67 Å². The van der Waals surface area contributed by atoms with Crippen molar-refractivity contribution >= 4 is 6.41 Å². The molecule has 0 spiro atoms. The molecular formula is C4H6FNO. The number of alkyl halides is 1. The van der Waals surface area contributed by atoms with Crippen LogP contribution in [0.15, 0.2) is 12.3 Å². The van der Waals surface area contributed by atoms with Crippen LogP contribution in [-0.2, 0) is 4.79 Å². The number of rotatable bonds is 3. The molecular weight excluding hydrogens is 97.0 g/mol. The Morgan fingerprint density at radius 1 is 2.00 bits per heavy atom. The molecule has 0 bridgehead atoms. The topological polar surface area (TPSA) is 29.1 Å². The van der Waals surface area contributed by atoms with Crippen molar-refractivity contribution in [1.82, 2.24) is 5.32 Å². The third kappa shape index (κ3) is 2.96. The molecule has 0 aliphatic heterocycles. The Labute approximate surface area is 41.0 Å². The normalized spacial score (nSPS) is 7.57. The summed E-state index contributed by atoms with van der Waals surface area (Å²) < 4.78 is 11.3. The molecule has 0 aromatic carbocycles. The summed E-state index contributed by atoms with van der Waals surface area (Å²) >= 11 is 0. The summed E-state index contributed by atoms with van der Waals surface area (Å²) in [6.45, 7) is 2.45. The Balaban J connectivity index is 3.17. The SMILES string of the molecule is C=C(CF)NC=O. The van der Waals surface area contributed by atoms with Crippen molar-refractivity contribution in [2.45, 2.75) is 0 Å². The number of allylic oxidation sites excluding steroid dienone is 1. The molecule has 0 saturated carbocycles. The van der Waals surface area contributed by atoms with Crippen molar-refractivity contribution in [3.8, 4) is 0 Å². The van der Waals surface area contributed by atoms with Crippen LogP contribution in [0, 0.1) is 0 Å². The fourth-order valence-corrected chi connectivity index (χ4v) is 0.122. The van der Waals surface area contributed by atoms with Crippen LogP contribution < -0.4 is 5.32 Å². The van der Waals surface area contributed by atoms with Crippen molar-refractivity contribution in [2.24, 2.45) is 0 Å². The molecule has 1 N–H and O–H groups in total. The zero-order valence-electron chi connectivity index (χ0n) is 3.78. The van der Waals surface area contributed by atoms with E-state index in [-0.39, 0.29) is 5.70 Å². The molecule has 0 aliphatic carbocycles. The Kier molecular flexibility index (Phi) is 2.92. The monoisotopic (exact) mass is 103 g/mol. The highest BCUT2D eigenvalue weighted by Crippen LogP contribution is 1.78. The number of hydrogen-bond acceptors (Lipinski definition) is 1. The van der Waals surface area contributed by atoms with E-state index in [0.717, 1.165) is 0 Å². The van der Waals surface area contributed by atoms with Crippen LogP contribution in [0.2, 0.25) is 0 Å². The molecule has 0 rings (SSSR count). The highest BCUT2D eigenvalue weighted by Gasteiger charge is 1.83. The standard InChI is InChI=1S/C4H6FNO/c1-4(2-5)6-3-7/h3H,1-2H2,(H,6,7). The van der Waals surface area contributed by atoms with Gasteiger partial charge in [0, 0.05) is 5.70 Å². The molecule has 0 fully saturated rings. The summed E-state index contributed by atoms with van der Waals surface area (Å²) in [5.41, 5.74) is 0.0926. The van der Waals surface area contributed by atoms with Gasteiger partial charge in [0.2, 0.25) is 6.41 Å². The van der Waals surface area contributed by atoms with Gasteiger partial charge in [0.05, 0.1) is 0 Å². The van der Waals surface area contributed by atoms with Crippen molar-refractivity contribution in [1.29, 1.82) is 0 Å². The van der Waals surface area contributed by atoms with Crippen molar-refractivity contribution in [3.63, 3.8) is 0 Å². The number of nitrogens with one attached hydrogen (secondary N) is 1. The minimum atomic E-state index is -0.696. The zero-order chi connectivity index (χ0) is 5.70. The Hall–Kier alpha value is -0.860. The Morgan fingerprint density at radius 2 is 2.57 bits per heavy atom. The molecule has 0 heterocycles. The van der Waals surface area contributed by atoms with Gasteiger partial charge in [0.25, 0.3) is 0 Å². The first-order valence-electron chi connectivity index (χ1n) is 1.75. The zero-order valence-corrected chi connectivity index (χ0v) is 3.78. The highest BCUT2D eigenvalue weighted by molar-refractivity contribution is 5.49. The van der Waals surface area contributed by atoms with Crippen molar-refractivity contribution < 1.29 is 9.18 Å². The van der Waals surface area contributed by atoms with E-state index < -0.39 is 6.67 Å². The van der Waals surface area contributed by atoms with Crippen LogP contribution in [-0.4, -0.2) is 13.1 Å². The fraction of sp³-hybridized carbons (Fsp3) is 0.250. The summed E-state index contributed by atoms with van der Waals surface area (Å²) in [4.78, 5) is 9.44. The largest absolute Gasteiger partial charge is 0.330 e. The van der Waals surface area contributed by atoms with E-state index in [2.05, 4.69) is 6.58 Å². The molecule has 0 radical (unpaired) electrons. The van der Waals surface area contributed by atoms with Crippen LogP contribution in [0.3, 0.4) is 0 Å². The number of halogens is 1. The molecule has 0 unspecified atom stereocenters. The van der Waals surface area contributed by atoms with E-state index >= 15 is 0 Å². The van der Waals surface area contributed by atoms with Gasteiger partial charge in [-0.3, -0.25) is 4.79 Å². The molecule has 7 heavy (non-hydrogen) atoms. The molecule has 40 valence electrons. The highest BCUT2D eigenvalue weighted by atomic mass is 19.1. The lowest BCUT2D eigenvalue weighted by molar-refractivity contribution is -0.109. The van der Waals surface area contributed by atoms with E-state index in [1.165, 1.54) is 0 Å². The molecule has 0 aromatic heterocycles. The Morgan fingerprint density at radius 3 is 2.71 bits per heavy atom. The van der Waals surface area contributed by atoms with E-state index in [0.29, 0.717) is 6.41 Å². The van der Waals surface area contributed by atoms with E-state index in [1.807, 2.05) is 5.32 Å². The summed E-state index contributed by atoms with van der Waals surface area (Å²) in [5, 5.41) is 2.05. The third-order valence-corrected chi connectivity index (χ3v) is 0.424. The maximum atomic E-state index is 11.3. The van der Waals surface area contributed by atoms with Gasteiger partial charge in [-0.25, -0.2) is 4.39 Å². The van der Waals surface area contributed by atoms with E-state index in [1.54, 1.807) is 0 Å². The van der Waals surface area contributed by atoms with Crippen LogP contribution in [0.5, 0.6) is 0 Å². The molecule has 0 saturated heterocycles. The number of amides is 1. The minimum Gasteiger partial charge on any atom is -0.330 e. The number of carbonyl (C=O) groups excluding carboxylic acids is 1. The van der Waals surface area contributed by atoms with E-state index in [9.17, 15) is 9.18 Å². The molecule has 3 heteroatoms. The van der Waals surface area contributed by atoms with Crippen LogP contribution >= 0.6 is 0 Å². The molecule has 1 amide bonds. The van der Waals surface area contributed by atoms with Gasteiger partial charge in [-0.2, -0.15) is 0 Å². The second kappa shape index (κ2) is 3.33. The molecule has 0 aromatic rings. The lowest BCUT2D eigenvalue weighted by Gasteiger charge is -1.91. The fourth-order valence-electron chi connectivity index (χ4n) is 0.122. The van der Waals surface area contributed by atoms with Crippen molar-refractivity contribution in [3.05, 3.63) is 12.3 Å². The van der Waals surface area contributed by atoms with Gasteiger partial charge in [0.15, 0.2) is 0 Å². The lowest BCUT2D eigenvalue weighted by Crippen LogP contribution is -2.09. The van der Waals surface area contributed by atoms with Gasteiger partial charge < -0.3 is 5.32 Å². The smallest absolute Gasteiger partial charge is 0.211 e. The average molecular weight is 103 g/mol. The summed E-state index contributed by atoms with van der Waals surface area (Å²) in [6.07, 6.45) is 0.391. The van der Waals surface area contributed by atoms with E-state index in [4.69, 9.17) is 0 Å². The predicted octanol–water partition coefficient (Wildman–Crippen LogP) is 0.216. The van der Waals surface area contributed by atoms with Crippen LogP contribution in [0.4, 0.5) is 4.39 Å². The first kappa shape index (κ1) is 6.14. The number of hydrogen-bond donors (Lipinski definition) is 1. The maximum absolute atomic E-state index is 11.3. The third-order valence-electron chi connectivity index (χ3n) is 0.424. The summed E-state index contributed by atoms with van der Waals surface area (Å²) in [6, 6.07) is 0. The van der Waals surface area contributed by atoms with Gasteiger partial charge in [-0.05, 0) is 0 Å². The quantitative estimate of drug-likeness (QED) is 0.508. The molecule has 0 aliphatic rings. The van der Waals surface area contributed by atoms with Crippen LogP contribution in [0.25, 0.3) is 0 Å². The number of carbonyl (C=O) groups is 1. The minimum absolute atomic E-state index is 0.0926. The summed E-state index contributed by atoms with van der Waals surface area (Å²) in [7, 11) is 0. The van der Waals surface area contributed by atoms with Gasteiger partial charge in [0.1, 0.15) is 6.67 Å². The van der Waals surface area contributed by atoms with Gasteiger partial charge in [-0.1, -0.05) is 6.58 Å². The maximum Gasteiger partial charge on any atom is 0.211 e. The van der Waals surface area contributed by atoms with Gasteiger partial charge >= 0.3 is 0 Å². The van der Waals surface area contributed by atoms with Crippen LogP contribution in [0.1, 0.15) is 0 Å². The average Bonchev–Trinajstić information content (AvgIpc) is 1.68. The predicted molar refractivity (Wildman–Crippen MR) is 24.3 cm³/mol. The van der Waals surface area contributed by atoms with Gasteiger partial charge in [-0.15, -0.1) is 0 Å². The first-order chi connectivity index (χ1) is 3.31. The first-order valence-corrected chi connectivity index (χ1v) is 1.75. The molecule has 2 nitrogen and oxygen atoms in total. The lowest BCUT2D eigenvalue weighted by atomic mass is 10.6. The Bertz CT molecular complexity index is 81.8. The second-order valence-electron chi connectivity index (χ2n) is 0.999. The summed E-state index contributed by atoms with van der Waals surface area (Å²) in [5.74, 6) is 0. The molecule has 0 atom stereocenters.